The van der Waals surface area contributed by atoms with E-state index in [9.17, 15) is 5.11 Å². The molecule has 2 aromatic carbocycles. The number of phenolic OH excluding ortho intramolecular Hbond substituents is 1. The molecule has 0 fully saturated rings. The molecule has 0 aliphatic rings. The minimum absolute atomic E-state index is 0.238. The Hall–Kier alpha value is -2.20. The molecule has 2 rings (SSSR count). The van der Waals surface area contributed by atoms with Gasteiger partial charge in [-0.25, -0.2) is 0 Å². The van der Waals surface area contributed by atoms with Crippen LogP contribution in [-0.4, -0.2) is 36.2 Å². The van der Waals surface area contributed by atoms with Gasteiger partial charge in [-0.1, -0.05) is 43.7 Å². The van der Waals surface area contributed by atoms with Gasteiger partial charge in [0.15, 0.2) is 0 Å². The summed E-state index contributed by atoms with van der Waals surface area (Å²) in [4.78, 5) is 2.51. The van der Waals surface area contributed by atoms with Crippen LogP contribution in [0.4, 0.5) is 11.4 Å². The third-order valence-electron chi connectivity index (χ3n) is 4.96. The van der Waals surface area contributed by atoms with Crippen LogP contribution in [0.1, 0.15) is 37.8 Å². The summed E-state index contributed by atoms with van der Waals surface area (Å²) >= 11 is 0. The lowest BCUT2D eigenvalue weighted by molar-refractivity contribution is 0.263. The fourth-order valence-corrected chi connectivity index (χ4v) is 3.33. The highest BCUT2D eigenvalue weighted by Gasteiger charge is 2.09. The summed E-state index contributed by atoms with van der Waals surface area (Å²) in [5, 5.41) is 13.0. The standard InChI is InChI=1S/C23H35N3O/c1-4-13-26(15-12-25-23-17-21(27)9-10-22(23)24)14-11-19(3)16-20-7-5-18(2)6-8-20/h5-10,17,19,25,27H,4,11-16,24H2,1-3H3. The summed E-state index contributed by atoms with van der Waals surface area (Å²) in [5.74, 6) is 0.906. The van der Waals surface area contributed by atoms with Crippen LogP contribution >= 0.6 is 0 Å². The highest BCUT2D eigenvalue weighted by atomic mass is 16.3. The third-order valence-corrected chi connectivity index (χ3v) is 4.96. The molecule has 0 saturated heterocycles. The Morgan fingerprint density at radius 1 is 1.07 bits per heavy atom. The van der Waals surface area contributed by atoms with Gasteiger partial charge in [-0.3, -0.25) is 0 Å². The molecule has 0 aliphatic carbocycles. The molecule has 1 unspecified atom stereocenters. The lowest BCUT2D eigenvalue weighted by atomic mass is 9.97. The van der Waals surface area contributed by atoms with Gasteiger partial charge in [0.2, 0.25) is 0 Å². The van der Waals surface area contributed by atoms with Crippen molar-refractivity contribution in [2.24, 2.45) is 5.92 Å². The molecule has 2 aromatic rings. The van der Waals surface area contributed by atoms with Crippen molar-refractivity contribution >= 4 is 11.4 Å². The van der Waals surface area contributed by atoms with Gasteiger partial charge in [-0.05, 0) is 62.9 Å². The van der Waals surface area contributed by atoms with E-state index in [2.05, 4.69) is 55.3 Å². The zero-order valence-corrected chi connectivity index (χ0v) is 17.0. The van der Waals surface area contributed by atoms with Crippen molar-refractivity contribution < 1.29 is 5.11 Å². The SMILES string of the molecule is CCCN(CCNc1cc(O)ccc1N)CCC(C)Cc1ccc(C)cc1. The van der Waals surface area contributed by atoms with Crippen molar-refractivity contribution in [3.63, 3.8) is 0 Å². The van der Waals surface area contributed by atoms with E-state index >= 15 is 0 Å². The monoisotopic (exact) mass is 369 g/mol. The van der Waals surface area contributed by atoms with Crippen LogP contribution in [0.15, 0.2) is 42.5 Å². The van der Waals surface area contributed by atoms with E-state index in [4.69, 9.17) is 5.73 Å². The van der Waals surface area contributed by atoms with Crippen molar-refractivity contribution in [1.29, 1.82) is 0 Å². The van der Waals surface area contributed by atoms with Crippen LogP contribution in [0.5, 0.6) is 5.75 Å². The van der Waals surface area contributed by atoms with Crippen molar-refractivity contribution in [3.8, 4) is 5.75 Å². The van der Waals surface area contributed by atoms with Crippen LogP contribution in [-0.2, 0) is 6.42 Å². The first-order valence-electron chi connectivity index (χ1n) is 10.1. The van der Waals surface area contributed by atoms with Gasteiger partial charge in [0.1, 0.15) is 5.75 Å². The molecule has 4 heteroatoms. The maximum Gasteiger partial charge on any atom is 0.117 e. The minimum Gasteiger partial charge on any atom is -0.508 e. The normalized spacial score (nSPS) is 12.3. The van der Waals surface area contributed by atoms with E-state index in [1.807, 2.05) is 0 Å². The Bertz CT molecular complexity index is 685. The zero-order chi connectivity index (χ0) is 19.6. The smallest absolute Gasteiger partial charge is 0.117 e. The number of hydrogen-bond acceptors (Lipinski definition) is 4. The summed E-state index contributed by atoms with van der Waals surface area (Å²) in [6.07, 6.45) is 3.49. The Kier molecular flexibility index (Phi) is 8.46. The molecule has 0 amide bonds. The molecule has 0 radical (unpaired) electrons. The fraction of sp³-hybridized carbons (Fsp3) is 0.478. The maximum absolute atomic E-state index is 9.61. The number of aromatic hydroxyl groups is 1. The molecule has 27 heavy (non-hydrogen) atoms. The first kappa shape index (κ1) is 21.1. The number of nitrogens with zero attached hydrogens (tertiary/aromatic N) is 1. The zero-order valence-electron chi connectivity index (χ0n) is 17.0. The molecule has 4 nitrogen and oxygen atoms in total. The lowest BCUT2D eigenvalue weighted by Gasteiger charge is -2.24. The highest BCUT2D eigenvalue weighted by Crippen LogP contribution is 2.23. The van der Waals surface area contributed by atoms with Crippen LogP contribution in [0.25, 0.3) is 0 Å². The molecule has 0 heterocycles. The molecule has 4 N–H and O–H groups in total. The molecule has 0 saturated carbocycles. The predicted molar refractivity (Wildman–Crippen MR) is 116 cm³/mol. The van der Waals surface area contributed by atoms with Crippen LogP contribution in [0, 0.1) is 12.8 Å². The number of nitrogens with two attached hydrogens (primary N) is 1. The van der Waals surface area contributed by atoms with Crippen LogP contribution in [0.2, 0.25) is 0 Å². The second-order valence-corrected chi connectivity index (χ2v) is 7.62. The Balaban J connectivity index is 1.76. The second-order valence-electron chi connectivity index (χ2n) is 7.62. The number of rotatable bonds is 11. The number of nitrogen functional groups attached to an aromatic ring is 1. The third kappa shape index (κ3) is 7.51. The first-order chi connectivity index (χ1) is 13.0. The largest absolute Gasteiger partial charge is 0.508 e. The summed E-state index contributed by atoms with van der Waals surface area (Å²) < 4.78 is 0. The van der Waals surface area contributed by atoms with Gasteiger partial charge < -0.3 is 21.1 Å². The molecule has 0 bridgehead atoms. The molecular weight excluding hydrogens is 334 g/mol. The van der Waals surface area contributed by atoms with Gasteiger partial charge in [0.05, 0.1) is 11.4 Å². The second kappa shape index (κ2) is 10.8. The maximum atomic E-state index is 9.61. The number of phenols is 1. The molecule has 148 valence electrons. The topological polar surface area (TPSA) is 61.5 Å². The Morgan fingerprint density at radius 3 is 2.52 bits per heavy atom. The average molecular weight is 370 g/mol. The Morgan fingerprint density at radius 2 is 1.81 bits per heavy atom. The summed E-state index contributed by atoms with van der Waals surface area (Å²) in [6, 6.07) is 13.9. The molecule has 0 aliphatic heterocycles. The number of aryl methyl sites for hydroxylation is 1. The quantitative estimate of drug-likeness (QED) is 0.398. The lowest BCUT2D eigenvalue weighted by Crippen LogP contribution is -2.32. The molecule has 1 atom stereocenters. The van der Waals surface area contributed by atoms with E-state index in [0.29, 0.717) is 11.6 Å². The predicted octanol–water partition coefficient (Wildman–Crippen LogP) is 4.68. The number of benzene rings is 2. The highest BCUT2D eigenvalue weighted by molar-refractivity contribution is 5.67. The van der Waals surface area contributed by atoms with Crippen LogP contribution < -0.4 is 11.1 Å². The molecule has 0 spiro atoms. The minimum atomic E-state index is 0.238. The summed E-state index contributed by atoms with van der Waals surface area (Å²) in [6.45, 7) is 10.7. The van der Waals surface area contributed by atoms with Crippen molar-refractivity contribution in [2.45, 2.75) is 40.0 Å². The average Bonchev–Trinajstić information content (AvgIpc) is 2.64. The number of anilines is 2. The number of nitrogens with one attached hydrogen (secondary N) is 1. The van der Waals surface area contributed by atoms with E-state index in [-0.39, 0.29) is 5.75 Å². The Labute approximate surface area is 164 Å². The van der Waals surface area contributed by atoms with Crippen molar-refractivity contribution in [3.05, 3.63) is 53.6 Å². The van der Waals surface area contributed by atoms with Crippen molar-refractivity contribution in [1.82, 2.24) is 4.90 Å². The van der Waals surface area contributed by atoms with Gasteiger partial charge in [-0.2, -0.15) is 0 Å². The van der Waals surface area contributed by atoms with E-state index in [0.717, 1.165) is 44.7 Å². The van der Waals surface area contributed by atoms with Crippen molar-refractivity contribution in [2.75, 3.05) is 37.2 Å². The first-order valence-corrected chi connectivity index (χ1v) is 10.1. The summed E-state index contributed by atoms with van der Waals surface area (Å²) in [5.41, 5.74) is 10.2. The molecule has 0 aromatic heterocycles. The van der Waals surface area contributed by atoms with Gasteiger partial charge in [0.25, 0.3) is 0 Å². The van der Waals surface area contributed by atoms with E-state index < -0.39 is 0 Å². The van der Waals surface area contributed by atoms with E-state index in [1.54, 1.807) is 18.2 Å². The molecular formula is C23H35N3O. The summed E-state index contributed by atoms with van der Waals surface area (Å²) in [7, 11) is 0. The van der Waals surface area contributed by atoms with Crippen LogP contribution in [0.3, 0.4) is 0 Å². The van der Waals surface area contributed by atoms with Gasteiger partial charge in [0, 0.05) is 19.2 Å². The van der Waals surface area contributed by atoms with Gasteiger partial charge >= 0.3 is 0 Å². The fourth-order valence-electron chi connectivity index (χ4n) is 3.33. The number of hydrogen-bond donors (Lipinski definition) is 3. The van der Waals surface area contributed by atoms with Gasteiger partial charge in [-0.15, -0.1) is 0 Å². The van der Waals surface area contributed by atoms with E-state index in [1.165, 1.54) is 17.5 Å².